The maximum absolute atomic E-state index is 12.2. The Morgan fingerprint density at radius 1 is 1.27 bits per heavy atom. The third-order valence-electron chi connectivity index (χ3n) is 3.46. The van der Waals surface area contributed by atoms with Crippen molar-refractivity contribution in [1.82, 2.24) is 10.2 Å². The van der Waals surface area contributed by atoms with E-state index in [1.807, 2.05) is 51.1 Å². The molecule has 0 spiro atoms. The van der Waals surface area contributed by atoms with Crippen molar-refractivity contribution in [3.8, 4) is 0 Å². The molecule has 5 nitrogen and oxygen atoms in total. The average Bonchev–Trinajstić information content (AvgIpc) is 2.84. The highest BCUT2D eigenvalue weighted by Crippen LogP contribution is 2.12. The molecule has 1 fully saturated rings. The lowest BCUT2D eigenvalue weighted by Gasteiger charge is -2.22. The van der Waals surface area contributed by atoms with Crippen molar-refractivity contribution in [2.24, 2.45) is 0 Å². The molecule has 1 atom stereocenters. The van der Waals surface area contributed by atoms with Crippen LogP contribution in [0.3, 0.4) is 0 Å². The van der Waals surface area contributed by atoms with Gasteiger partial charge < -0.3 is 10.1 Å². The number of hydrogen-bond donors (Lipinski definition) is 1. The zero-order valence-electron chi connectivity index (χ0n) is 13.5. The zero-order valence-corrected chi connectivity index (χ0v) is 13.5. The van der Waals surface area contributed by atoms with E-state index in [9.17, 15) is 9.59 Å². The highest BCUT2D eigenvalue weighted by molar-refractivity contribution is 5.97. The van der Waals surface area contributed by atoms with Crippen molar-refractivity contribution in [2.45, 2.75) is 38.8 Å². The second-order valence-corrected chi connectivity index (χ2v) is 6.66. The Labute approximate surface area is 131 Å². The van der Waals surface area contributed by atoms with Crippen LogP contribution in [0.2, 0.25) is 0 Å². The van der Waals surface area contributed by atoms with Crippen LogP contribution in [0.1, 0.15) is 37.6 Å². The zero-order chi connectivity index (χ0) is 16.2. The lowest BCUT2D eigenvalue weighted by Crippen LogP contribution is -2.41. The lowest BCUT2D eigenvalue weighted by atomic mass is 10.1. The summed E-state index contributed by atoms with van der Waals surface area (Å²) in [6.07, 6.45) is 0.440. The van der Waals surface area contributed by atoms with E-state index in [4.69, 9.17) is 4.74 Å². The first-order valence-electron chi connectivity index (χ1n) is 7.63. The lowest BCUT2D eigenvalue weighted by molar-refractivity contribution is 0.0506. The number of carbonyl (C=O) groups excluding carboxylic acids is 2. The Balaban J connectivity index is 1.78. The quantitative estimate of drug-likeness (QED) is 0.868. The molecule has 0 bridgehead atoms. The number of amides is 1. The first-order chi connectivity index (χ1) is 10.3. The molecule has 0 aromatic heterocycles. The van der Waals surface area contributed by atoms with E-state index in [0.717, 1.165) is 18.5 Å². The smallest absolute Gasteiger partial charge is 0.407 e. The van der Waals surface area contributed by atoms with Crippen molar-refractivity contribution >= 4 is 11.9 Å². The predicted molar refractivity (Wildman–Crippen MR) is 85.0 cm³/mol. The number of hydrogen-bond acceptors (Lipinski definition) is 4. The Morgan fingerprint density at radius 2 is 1.95 bits per heavy atom. The maximum Gasteiger partial charge on any atom is 0.407 e. The van der Waals surface area contributed by atoms with Crippen molar-refractivity contribution in [3.63, 3.8) is 0 Å². The van der Waals surface area contributed by atoms with Crippen LogP contribution in [-0.4, -0.2) is 48.1 Å². The molecule has 0 saturated carbocycles. The van der Waals surface area contributed by atoms with Crippen LogP contribution < -0.4 is 5.32 Å². The largest absolute Gasteiger partial charge is 0.444 e. The van der Waals surface area contributed by atoms with Crippen molar-refractivity contribution in [3.05, 3.63) is 35.9 Å². The van der Waals surface area contributed by atoms with Crippen LogP contribution in [0.4, 0.5) is 4.79 Å². The van der Waals surface area contributed by atoms with Gasteiger partial charge in [-0.1, -0.05) is 30.3 Å². The number of carbonyl (C=O) groups is 2. The highest BCUT2D eigenvalue weighted by Gasteiger charge is 2.27. The number of alkyl carbamates (subject to hydrolysis) is 1. The highest BCUT2D eigenvalue weighted by atomic mass is 16.6. The van der Waals surface area contributed by atoms with E-state index in [1.54, 1.807) is 0 Å². The molecule has 22 heavy (non-hydrogen) atoms. The topological polar surface area (TPSA) is 58.6 Å². The van der Waals surface area contributed by atoms with E-state index >= 15 is 0 Å². The first-order valence-corrected chi connectivity index (χ1v) is 7.63. The third kappa shape index (κ3) is 5.15. The minimum atomic E-state index is -0.494. The van der Waals surface area contributed by atoms with Crippen molar-refractivity contribution < 1.29 is 14.3 Å². The predicted octanol–water partition coefficient (Wildman–Crippen LogP) is 2.47. The molecule has 0 aliphatic carbocycles. The SMILES string of the molecule is CC(C)(C)OC(=O)NC1CCN(CC(=O)c2ccccc2)C1. The van der Waals surface area contributed by atoms with Gasteiger partial charge in [-0.3, -0.25) is 9.69 Å². The van der Waals surface area contributed by atoms with Gasteiger partial charge in [0, 0.05) is 24.7 Å². The van der Waals surface area contributed by atoms with E-state index in [1.165, 1.54) is 0 Å². The summed E-state index contributed by atoms with van der Waals surface area (Å²) in [5, 5.41) is 2.86. The fraction of sp³-hybridized carbons (Fsp3) is 0.529. The number of ether oxygens (including phenoxy) is 1. The molecule has 1 aromatic rings. The number of ketones is 1. The molecule has 1 aliphatic rings. The minimum Gasteiger partial charge on any atom is -0.444 e. The van der Waals surface area contributed by atoms with Gasteiger partial charge >= 0.3 is 6.09 Å². The van der Waals surface area contributed by atoms with Crippen molar-refractivity contribution in [2.75, 3.05) is 19.6 Å². The molecule has 120 valence electrons. The van der Waals surface area contributed by atoms with Gasteiger partial charge in [-0.05, 0) is 27.2 Å². The van der Waals surface area contributed by atoms with Crippen LogP contribution >= 0.6 is 0 Å². The van der Waals surface area contributed by atoms with Gasteiger partial charge in [0.15, 0.2) is 5.78 Å². The fourth-order valence-corrected chi connectivity index (χ4v) is 2.49. The summed E-state index contributed by atoms with van der Waals surface area (Å²) in [5.41, 5.74) is 0.233. The molecular formula is C17H24N2O3. The van der Waals surface area contributed by atoms with Crippen molar-refractivity contribution in [1.29, 1.82) is 0 Å². The summed E-state index contributed by atoms with van der Waals surface area (Å²) < 4.78 is 5.25. The van der Waals surface area contributed by atoms with Gasteiger partial charge in [-0.25, -0.2) is 4.79 Å². The fourth-order valence-electron chi connectivity index (χ4n) is 2.49. The Hall–Kier alpha value is -1.88. The number of Topliss-reactive ketones (excluding diaryl/α,β-unsaturated/α-hetero) is 1. The number of rotatable bonds is 4. The standard InChI is InChI=1S/C17H24N2O3/c1-17(2,3)22-16(21)18-14-9-10-19(11-14)12-15(20)13-7-5-4-6-8-13/h4-8,14H,9-12H2,1-3H3,(H,18,21). The molecule has 5 heteroatoms. The van der Waals surface area contributed by atoms with Crippen LogP contribution in [0.25, 0.3) is 0 Å². The summed E-state index contributed by atoms with van der Waals surface area (Å²) in [5.74, 6) is 0.110. The molecule has 1 aliphatic heterocycles. The Bertz CT molecular complexity index is 522. The molecule has 1 N–H and O–H groups in total. The summed E-state index contributed by atoms with van der Waals surface area (Å²) in [6, 6.07) is 9.32. The van der Waals surface area contributed by atoms with Crippen LogP contribution in [0, 0.1) is 0 Å². The summed E-state index contributed by atoms with van der Waals surface area (Å²) >= 11 is 0. The molecule has 0 radical (unpaired) electrons. The first kappa shape index (κ1) is 16.5. The molecular weight excluding hydrogens is 280 g/mol. The third-order valence-corrected chi connectivity index (χ3v) is 3.46. The summed E-state index contributed by atoms with van der Waals surface area (Å²) in [6.45, 7) is 7.39. The van der Waals surface area contributed by atoms with Gasteiger partial charge in [0.2, 0.25) is 0 Å². The Kier molecular flexibility index (Phi) is 5.19. The van der Waals surface area contributed by atoms with E-state index in [0.29, 0.717) is 13.1 Å². The summed E-state index contributed by atoms with van der Waals surface area (Å²) in [7, 11) is 0. The second-order valence-electron chi connectivity index (χ2n) is 6.66. The van der Waals surface area contributed by atoms with Gasteiger partial charge in [-0.15, -0.1) is 0 Å². The summed E-state index contributed by atoms with van der Waals surface area (Å²) in [4.78, 5) is 26.0. The van der Waals surface area contributed by atoms with E-state index in [2.05, 4.69) is 10.2 Å². The molecule has 1 heterocycles. The molecule has 1 saturated heterocycles. The van der Waals surface area contributed by atoms with Crippen LogP contribution in [0.15, 0.2) is 30.3 Å². The van der Waals surface area contributed by atoms with Gasteiger partial charge in [-0.2, -0.15) is 0 Å². The number of likely N-dealkylation sites (tertiary alicyclic amines) is 1. The van der Waals surface area contributed by atoms with Gasteiger partial charge in [0.1, 0.15) is 5.60 Å². The maximum atomic E-state index is 12.2. The molecule has 1 aromatic carbocycles. The molecule has 1 unspecified atom stereocenters. The number of nitrogens with zero attached hydrogens (tertiary/aromatic N) is 1. The molecule has 1 amide bonds. The van der Waals surface area contributed by atoms with E-state index in [-0.39, 0.29) is 11.8 Å². The minimum absolute atomic E-state index is 0.0402. The van der Waals surface area contributed by atoms with Crippen LogP contribution in [-0.2, 0) is 4.74 Å². The monoisotopic (exact) mass is 304 g/mol. The van der Waals surface area contributed by atoms with E-state index < -0.39 is 11.7 Å². The average molecular weight is 304 g/mol. The van der Waals surface area contributed by atoms with Gasteiger partial charge in [0.05, 0.1) is 6.54 Å². The molecule has 2 rings (SSSR count). The number of benzene rings is 1. The van der Waals surface area contributed by atoms with Gasteiger partial charge in [0.25, 0.3) is 0 Å². The Morgan fingerprint density at radius 3 is 2.59 bits per heavy atom. The normalized spacial score (nSPS) is 19.0. The van der Waals surface area contributed by atoms with Crippen LogP contribution in [0.5, 0.6) is 0 Å². The number of nitrogens with one attached hydrogen (secondary N) is 1. The second kappa shape index (κ2) is 6.92.